The molecule has 0 aliphatic rings. The van der Waals surface area contributed by atoms with Crippen molar-refractivity contribution in [2.45, 2.75) is 0 Å². The monoisotopic (exact) mass is 272 g/mol. The Labute approximate surface area is 92.1 Å². The molecule has 3 nitrogen and oxygen atoms in total. The van der Waals surface area contributed by atoms with E-state index in [-0.39, 0.29) is 0 Å². The minimum absolute atomic E-state index is 0.388. The SMILES string of the molecule is O=C(O)Oc1cc2cccc(Br)c2s1. The van der Waals surface area contributed by atoms with Gasteiger partial charge in [-0.15, -0.1) is 0 Å². The fraction of sp³-hybridized carbons (Fsp3) is 0. The van der Waals surface area contributed by atoms with E-state index in [1.165, 1.54) is 11.3 Å². The molecule has 0 saturated carbocycles. The van der Waals surface area contributed by atoms with Gasteiger partial charge < -0.3 is 9.84 Å². The maximum absolute atomic E-state index is 10.3. The molecular formula is C9H5BrO3S. The summed E-state index contributed by atoms with van der Waals surface area (Å²) >= 11 is 4.69. The summed E-state index contributed by atoms with van der Waals surface area (Å²) in [5.41, 5.74) is 0. The summed E-state index contributed by atoms with van der Waals surface area (Å²) < 4.78 is 6.50. The number of carboxylic acid groups (broad SMARTS) is 1. The Morgan fingerprint density at radius 3 is 2.93 bits per heavy atom. The Hall–Kier alpha value is -1.07. The summed E-state index contributed by atoms with van der Waals surface area (Å²) in [7, 11) is 0. The quantitative estimate of drug-likeness (QED) is 0.805. The molecule has 0 atom stereocenters. The van der Waals surface area contributed by atoms with Crippen molar-refractivity contribution in [3.63, 3.8) is 0 Å². The topological polar surface area (TPSA) is 46.5 Å². The molecule has 72 valence electrons. The van der Waals surface area contributed by atoms with Gasteiger partial charge in [-0.3, -0.25) is 0 Å². The van der Waals surface area contributed by atoms with Crippen LogP contribution in [0.15, 0.2) is 28.7 Å². The van der Waals surface area contributed by atoms with Crippen molar-refractivity contribution < 1.29 is 14.6 Å². The smallest absolute Gasteiger partial charge is 0.449 e. The van der Waals surface area contributed by atoms with Crippen LogP contribution in [0.25, 0.3) is 10.1 Å². The first-order valence-corrected chi connectivity index (χ1v) is 5.36. The lowest BCUT2D eigenvalue weighted by Crippen LogP contribution is -2.00. The number of benzene rings is 1. The van der Waals surface area contributed by atoms with Gasteiger partial charge in [-0.25, -0.2) is 4.79 Å². The molecule has 0 unspecified atom stereocenters. The number of halogens is 1. The van der Waals surface area contributed by atoms with Crippen LogP contribution in [0.3, 0.4) is 0 Å². The van der Waals surface area contributed by atoms with Crippen LogP contribution in [-0.2, 0) is 0 Å². The van der Waals surface area contributed by atoms with Gasteiger partial charge in [0.1, 0.15) is 0 Å². The predicted molar refractivity (Wildman–Crippen MR) is 58.2 cm³/mol. The van der Waals surface area contributed by atoms with Crippen LogP contribution in [0.1, 0.15) is 0 Å². The first-order chi connectivity index (χ1) is 6.66. The third-order valence-corrected chi connectivity index (χ3v) is 3.65. The fourth-order valence-corrected chi connectivity index (χ4v) is 2.67. The average Bonchev–Trinajstić information content (AvgIpc) is 2.47. The Kier molecular flexibility index (Phi) is 2.43. The molecule has 0 bridgehead atoms. The van der Waals surface area contributed by atoms with Crippen LogP contribution in [0.5, 0.6) is 5.06 Å². The summed E-state index contributed by atoms with van der Waals surface area (Å²) in [6.45, 7) is 0. The van der Waals surface area contributed by atoms with Gasteiger partial charge in [0, 0.05) is 10.5 Å². The molecule has 0 fully saturated rings. The average molecular weight is 273 g/mol. The highest BCUT2D eigenvalue weighted by molar-refractivity contribution is 9.10. The van der Waals surface area contributed by atoms with Crippen LogP contribution in [0, 0.1) is 0 Å². The van der Waals surface area contributed by atoms with E-state index in [9.17, 15) is 4.79 Å². The molecule has 14 heavy (non-hydrogen) atoms. The molecule has 1 N–H and O–H groups in total. The first kappa shape index (κ1) is 9.48. The number of carbonyl (C=O) groups is 1. The van der Waals surface area contributed by atoms with Gasteiger partial charge in [-0.05, 0) is 27.4 Å². The molecular weight excluding hydrogens is 268 g/mol. The molecule has 0 amide bonds. The molecule has 0 aliphatic heterocycles. The van der Waals surface area contributed by atoms with Gasteiger partial charge in [-0.2, -0.15) is 0 Å². The first-order valence-electron chi connectivity index (χ1n) is 3.75. The van der Waals surface area contributed by atoms with E-state index in [1.807, 2.05) is 18.2 Å². The molecule has 1 aromatic heterocycles. The molecule has 2 aromatic rings. The van der Waals surface area contributed by atoms with E-state index < -0.39 is 6.16 Å². The zero-order valence-electron chi connectivity index (χ0n) is 6.86. The zero-order chi connectivity index (χ0) is 10.1. The van der Waals surface area contributed by atoms with E-state index in [0.29, 0.717) is 5.06 Å². The second-order valence-electron chi connectivity index (χ2n) is 2.59. The van der Waals surface area contributed by atoms with Crippen LogP contribution < -0.4 is 4.74 Å². The molecule has 0 saturated heterocycles. The van der Waals surface area contributed by atoms with Crippen molar-refractivity contribution in [1.29, 1.82) is 0 Å². The maximum Gasteiger partial charge on any atom is 0.512 e. The summed E-state index contributed by atoms with van der Waals surface area (Å²) in [5, 5.41) is 9.80. The van der Waals surface area contributed by atoms with E-state index in [1.54, 1.807) is 6.07 Å². The van der Waals surface area contributed by atoms with Gasteiger partial charge in [0.15, 0.2) is 5.06 Å². The van der Waals surface area contributed by atoms with E-state index >= 15 is 0 Å². The zero-order valence-corrected chi connectivity index (χ0v) is 9.26. The molecule has 1 heterocycles. The Morgan fingerprint density at radius 1 is 1.50 bits per heavy atom. The molecule has 0 radical (unpaired) electrons. The van der Waals surface area contributed by atoms with E-state index in [4.69, 9.17) is 5.11 Å². The minimum atomic E-state index is -1.28. The van der Waals surface area contributed by atoms with Crippen LogP contribution >= 0.6 is 27.3 Å². The second-order valence-corrected chi connectivity index (χ2v) is 4.46. The third kappa shape index (κ3) is 1.73. The Morgan fingerprint density at radius 2 is 2.29 bits per heavy atom. The van der Waals surface area contributed by atoms with Gasteiger partial charge in [0.05, 0.1) is 4.70 Å². The lowest BCUT2D eigenvalue weighted by atomic mass is 10.3. The number of thiophene rings is 1. The lowest BCUT2D eigenvalue weighted by Gasteiger charge is -1.91. The molecule has 0 aliphatic carbocycles. The largest absolute Gasteiger partial charge is 0.512 e. The Balaban J connectivity index is 2.51. The minimum Gasteiger partial charge on any atom is -0.449 e. The van der Waals surface area contributed by atoms with Gasteiger partial charge in [0.25, 0.3) is 0 Å². The van der Waals surface area contributed by atoms with Crippen molar-refractivity contribution >= 4 is 43.5 Å². The number of hydrogen-bond acceptors (Lipinski definition) is 3. The fourth-order valence-electron chi connectivity index (χ4n) is 1.14. The van der Waals surface area contributed by atoms with Crippen LogP contribution in [-0.4, -0.2) is 11.3 Å². The van der Waals surface area contributed by atoms with Gasteiger partial charge >= 0.3 is 6.16 Å². The summed E-state index contributed by atoms with van der Waals surface area (Å²) in [4.78, 5) is 10.3. The molecule has 5 heteroatoms. The highest BCUT2D eigenvalue weighted by Gasteiger charge is 2.07. The number of hydrogen-bond donors (Lipinski definition) is 1. The standard InChI is InChI=1S/C9H5BrO3S/c10-6-3-1-2-5-4-7(13-9(11)12)14-8(5)6/h1-4H,(H,11,12). The third-order valence-electron chi connectivity index (χ3n) is 1.66. The lowest BCUT2D eigenvalue weighted by molar-refractivity contribution is 0.146. The predicted octanol–water partition coefficient (Wildman–Crippen LogP) is 3.72. The van der Waals surface area contributed by atoms with Gasteiger partial charge in [0.2, 0.25) is 0 Å². The number of fused-ring (bicyclic) bond motifs is 1. The molecule has 0 spiro atoms. The van der Waals surface area contributed by atoms with Crippen molar-refractivity contribution in [3.05, 3.63) is 28.7 Å². The van der Waals surface area contributed by atoms with Crippen molar-refractivity contribution in [1.82, 2.24) is 0 Å². The summed E-state index contributed by atoms with van der Waals surface area (Å²) in [6.07, 6.45) is -1.28. The van der Waals surface area contributed by atoms with E-state index in [0.717, 1.165) is 14.6 Å². The highest BCUT2D eigenvalue weighted by Crippen LogP contribution is 2.36. The normalized spacial score (nSPS) is 10.4. The number of ether oxygens (including phenoxy) is 1. The maximum atomic E-state index is 10.3. The van der Waals surface area contributed by atoms with Crippen LogP contribution in [0.2, 0.25) is 0 Å². The van der Waals surface area contributed by atoms with Gasteiger partial charge in [-0.1, -0.05) is 23.5 Å². The number of rotatable bonds is 1. The van der Waals surface area contributed by atoms with Crippen molar-refractivity contribution in [2.24, 2.45) is 0 Å². The van der Waals surface area contributed by atoms with Crippen LogP contribution in [0.4, 0.5) is 4.79 Å². The van der Waals surface area contributed by atoms with E-state index in [2.05, 4.69) is 20.7 Å². The second kappa shape index (κ2) is 3.59. The Bertz CT molecular complexity index is 492. The van der Waals surface area contributed by atoms with Crippen molar-refractivity contribution in [3.8, 4) is 5.06 Å². The highest BCUT2D eigenvalue weighted by atomic mass is 79.9. The summed E-state index contributed by atoms with van der Waals surface area (Å²) in [5.74, 6) is 0. The van der Waals surface area contributed by atoms with Crippen molar-refractivity contribution in [2.75, 3.05) is 0 Å². The molecule has 1 aromatic carbocycles. The molecule has 2 rings (SSSR count). The summed E-state index contributed by atoms with van der Waals surface area (Å²) in [6, 6.07) is 7.41.